The first-order valence-electron chi connectivity index (χ1n) is 7.48. The summed E-state index contributed by atoms with van der Waals surface area (Å²) in [6.45, 7) is 8.72. The van der Waals surface area contributed by atoms with Crippen LogP contribution in [0.3, 0.4) is 0 Å². The van der Waals surface area contributed by atoms with Gasteiger partial charge in [-0.05, 0) is 33.3 Å². The van der Waals surface area contributed by atoms with E-state index < -0.39 is 34.3 Å². The minimum atomic E-state index is -1.18. The average molecular weight is 333 g/mol. The number of non-ortho nitro benzene ring substituents is 1. The Labute approximate surface area is 139 Å². The van der Waals surface area contributed by atoms with Crippen LogP contribution in [0.25, 0.3) is 0 Å². The summed E-state index contributed by atoms with van der Waals surface area (Å²) in [7, 11) is 0. The third kappa shape index (κ3) is 3.61. The van der Waals surface area contributed by atoms with E-state index in [4.69, 9.17) is 9.47 Å². The first-order valence-corrected chi connectivity index (χ1v) is 7.48. The van der Waals surface area contributed by atoms with Gasteiger partial charge in [-0.2, -0.15) is 0 Å². The van der Waals surface area contributed by atoms with Crippen LogP contribution in [-0.4, -0.2) is 22.5 Å². The van der Waals surface area contributed by atoms with Gasteiger partial charge in [0.2, 0.25) is 0 Å². The van der Waals surface area contributed by atoms with Crippen LogP contribution >= 0.6 is 0 Å². The Morgan fingerprint density at radius 2 is 2.12 bits per heavy atom. The molecular weight excluding hydrogens is 314 g/mol. The van der Waals surface area contributed by atoms with Crippen molar-refractivity contribution in [1.82, 2.24) is 0 Å². The minimum Gasteiger partial charge on any atom is -0.459 e. The summed E-state index contributed by atoms with van der Waals surface area (Å²) in [6, 6.07) is 3.95. The lowest BCUT2D eigenvalue weighted by molar-refractivity contribution is -0.385. The fourth-order valence-electron chi connectivity index (χ4n) is 2.62. The van der Waals surface area contributed by atoms with Crippen LogP contribution in [0.15, 0.2) is 30.9 Å². The van der Waals surface area contributed by atoms with Crippen molar-refractivity contribution in [2.24, 2.45) is 5.92 Å². The molecule has 0 amide bonds. The molecule has 7 heteroatoms. The Bertz CT molecular complexity index is 704. The molecule has 2 rings (SSSR count). The number of allylic oxidation sites excluding steroid dienone is 1. The second-order valence-corrected chi connectivity index (χ2v) is 6.54. The van der Waals surface area contributed by atoms with E-state index in [9.17, 15) is 19.7 Å². The van der Waals surface area contributed by atoms with Gasteiger partial charge in [0.05, 0.1) is 4.92 Å². The van der Waals surface area contributed by atoms with Crippen molar-refractivity contribution in [3.63, 3.8) is 0 Å². The molecule has 0 bridgehead atoms. The first-order chi connectivity index (χ1) is 11.1. The summed E-state index contributed by atoms with van der Waals surface area (Å²) < 4.78 is 10.5. The van der Waals surface area contributed by atoms with E-state index in [1.165, 1.54) is 18.2 Å². The molecule has 0 saturated carbocycles. The predicted octanol–water partition coefficient (Wildman–Crippen LogP) is 3.13. The molecule has 0 aliphatic carbocycles. The molecule has 7 nitrogen and oxygen atoms in total. The van der Waals surface area contributed by atoms with Crippen molar-refractivity contribution in [2.45, 2.75) is 38.7 Å². The summed E-state index contributed by atoms with van der Waals surface area (Å²) in [5, 5.41) is 11.0. The molecule has 0 unspecified atom stereocenters. The number of carbonyl (C=O) groups excluding carboxylic acids is 2. The molecule has 1 aliphatic heterocycles. The van der Waals surface area contributed by atoms with E-state index in [1.807, 2.05) is 0 Å². The monoisotopic (exact) mass is 333 g/mol. The molecule has 1 aromatic carbocycles. The Morgan fingerprint density at radius 1 is 1.46 bits per heavy atom. The highest BCUT2D eigenvalue weighted by Gasteiger charge is 2.44. The van der Waals surface area contributed by atoms with Gasteiger partial charge in [0.25, 0.3) is 5.69 Å². The Kier molecular flexibility index (Phi) is 4.73. The number of carbonyl (C=O) groups is 2. The zero-order valence-corrected chi connectivity index (χ0v) is 13.8. The van der Waals surface area contributed by atoms with E-state index in [0.717, 1.165) is 0 Å². The number of hydrogen-bond donors (Lipinski definition) is 0. The van der Waals surface area contributed by atoms with Crippen LogP contribution in [0.4, 0.5) is 5.69 Å². The second-order valence-electron chi connectivity index (χ2n) is 6.54. The molecule has 1 aliphatic rings. The van der Waals surface area contributed by atoms with Crippen LogP contribution in [0.5, 0.6) is 5.75 Å². The fraction of sp³-hybridized carbons (Fsp3) is 0.412. The van der Waals surface area contributed by atoms with Gasteiger partial charge in [0.15, 0.2) is 5.92 Å². The van der Waals surface area contributed by atoms with Crippen LogP contribution in [0.1, 0.15) is 38.7 Å². The highest BCUT2D eigenvalue weighted by atomic mass is 16.6. The Morgan fingerprint density at radius 3 is 2.67 bits per heavy atom. The smallest absolute Gasteiger partial charge is 0.326 e. The number of rotatable bonds is 4. The first kappa shape index (κ1) is 17.7. The largest absolute Gasteiger partial charge is 0.459 e. The molecule has 0 N–H and O–H groups in total. The molecule has 0 saturated heterocycles. The van der Waals surface area contributed by atoms with Gasteiger partial charge in [0, 0.05) is 23.6 Å². The highest BCUT2D eigenvalue weighted by Crippen LogP contribution is 2.42. The number of esters is 2. The lowest BCUT2D eigenvalue weighted by atomic mass is 9.81. The Hall–Kier alpha value is -2.70. The third-order valence-corrected chi connectivity index (χ3v) is 3.55. The van der Waals surface area contributed by atoms with Gasteiger partial charge >= 0.3 is 11.9 Å². The van der Waals surface area contributed by atoms with E-state index in [1.54, 1.807) is 26.8 Å². The lowest BCUT2D eigenvalue weighted by Crippen LogP contribution is -2.41. The molecular formula is C17H19NO6. The van der Waals surface area contributed by atoms with E-state index in [0.29, 0.717) is 5.56 Å². The highest BCUT2D eigenvalue weighted by molar-refractivity contribution is 5.98. The van der Waals surface area contributed by atoms with Crippen molar-refractivity contribution in [2.75, 3.05) is 0 Å². The van der Waals surface area contributed by atoms with E-state index in [2.05, 4.69) is 6.58 Å². The van der Waals surface area contributed by atoms with Gasteiger partial charge in [-0.25, -0.2) is 0 Å². The summed E-state index contributed by atoms with van der Waals surface area (Å²) in [5.41, 5.74) is -0.470. The molecule has 1 heterocycles. The van der Waals surface area contributed by atoms with Crippen LogP contribution in [0.2, 0.25) is 0 Å². The van der Waals surface area contributed by atoms with Crippen molar-refractivity contribution >= 4 is 17.6 Å². The molecule has 24 heavy (non-hydrogen) atoms. The number of hydrogen-bond acceptors (Lipinski definition) is 6. The van der Waals surface area contributed by atoms with E-state index >= 15 is 0 Å². The maximum atomic E-state index is 12.4. The predicted molar refractivity (Wildman–Crippen MR) is 85.6 cm³/mol. The summed E-state index contributed by atoms with van der Waals surface area (Å²) in [6.07, 6.45) is 1.84. The fourth-order valence-corrected chi connectivity index (χ4v) is 2.62. The maximum absolute atomic E-state index is 12.4. The van der Waals surface area contributed by atoms with Gasteiger partial charge in [-0.15, -0.1) is 6.58 Å². The van der Waals surface area contributed by atoms with Crippen LogP contribution in [-0.2, 0) is 14.3 Å². The number of nitro groups is 1. The van der Waals surface area contributed by atoms with Gasteiger partial charge in [0.1, 0.15) is 11.4 Å². The normalized spacial score (nSPS) is 19.9. The molecule has 2 atom stereocenters. The van der Waals surface area contributed by atoms with Gasteiger partial charge in [-0.3, -0.25) is 19.7 Å². The molecule has 0 aromatic heterocycles. The number of fused-ring (bicyclic) bond motifs is 1. The average Bonchev–Trinajstić information content (AvgIpc) is 2.44. The van der Waals surface area contributed by atoms with Crippen LogP contribution < -0.4 is 4.74 Å². The number of ether oxygens (including phenoxy) is 2. The zero-order chi connectivity index (χ0) is 18.1. The SMILES string of the molecule is C=CC[C@@H]1c2cc([N+](=O)[O-])ccc2OC(=O)[C@H]1C(=O)OC(C)(C)C. The van der Waals surface area contributed by atoms with Crippen LogP contribution in [0, 0.1) is 16.0 Å². The van der Waals surface area contributed by atoms with Gasteiger partial charge in [-0.1, -0.05) is 6.08 Å². The lowest BCUT2D eigenvalue weighted by Gasteiger charge is -2.31. The van der Waals surface area contributed by atoms with Crippen molar-refractivity contribution in [3.8, 4) is 5.75 Å². The molecule has 1 aromatic rings. The summed E-state index contributed by atoms with van der Waals surface area (Å²) >= 11 is 0. The van der Waals surface area contributed by atoms with Crippen molar-refractivity contribution in [3.05, 3.63) is 46.5 Å². The maximum Gasteiger partial charge on any atom is 0.326 e. The Balaban J connectivity index is 2.48. The summed E-state index contributed by atoms with van der Waals surface area (Å²) in [4.78, 5) is 35.2. The molecule has 0 spiro atoms. The van der Waals surface area contributed by atoms with E-state index in [-0.39, 0.29) is 17.9 Å². The van der Waals surface area contributed by atoms with Gasteiger partial charge < -0.3 is 9.47 Å². The van der Waals surface area contributed by atoms with Crippen molar-refractivity contribution in [1.29, 1.82) is 0 Å². The topological polar surface area (TPSA) is 95.7 Å². The molecule has 0 radical (unpaired) electrons. The number of benzene rings is 1. The zero-order valence-electron chi connectivity index (χ0n) is 13.8. The third-order valence-electron chi connectivity index (χ3n) is 3.55. The molecule has 0 fully saturated rings. The minimum absolute atomic E-state index is 0.135. The number of nitro benzene ring substituents is 1. The molecule has 128 valence electrons. The second kappa shape index (κ2) is 6.43. The standard InChI is InChI=1S/C17H19NO6/c1-5-6-11-12-9-10(18(21)22)7-8-13(12)23-15(19)14(11)16(20)24-17(2,3)4/h5,7-9,11,14H,1,6H2,2-4H3/t11-,14+/m1/s1. The summed E-state index contributed by atoms with van der Waals surface area (Å²) in [5.74, 6) is -3.02. The van der Waals surface area contributed by atoms with Crippen molar-refractivity contribution < 1.29 is 24.0 Å². The quantitative estimate of drug-likeness (QED) is 0.210. The number of nitrogens with zero attached hydrogens (tertiary/aromatic N) is 1.